The lowest BCUT2D eigenvalue weighted by atomic mass is 9.82. The van der Waals surface area contributed by atoms with E-state index in [9.17, 15) is 14.7 Å². The van der Waals surface area contributed by atoms with Crippen molar-refractivity contribution in [3.8, 4) is 0 Å². The number of nitrogens with one attached hydrogen (secondary N) is 2. The summed E-state index contributed by atoms with van der Waals surface area (Å²) in [5, 5.41) is 14.8. The molecule has 2 amide bonds. The molecule has 0 saturated heterocycles. The van der Waals surface area contributed by atoms with Crippen molar-refractivity contribution in [2.45, 2.75) is 31.8 Å². The molecule has 1 aliphatic rings. The molecule has 1 aromatic carbocycles. The maximum Gasteiger partial charge on any atom is 0.331 e. The van der Waals surface area contributed by atoms with E-state index in [1.165, 1.54) is 0 Å². The monoisotopic (exact) mass is 296 g/mol. The molecule has 1 aromatic rings. The molecule has 0 radical (unpaired) electrons. The third kappa shape index (κ3) is 3.42. The molecule has 1 aliphatic carbocycles. The number of aliphatic carboxylic acids is 1. The Hall–Kier alpha value is -1.75. The normalized spacial score (nSPS) is 22.5. The van der Waals surface area contributed by atoms with Crippen molar-refractivity contribution in [3.05, 3.63) is 34.9 Å². The molecule has 3 N–H and O–H groups in total. The van der Waals surface area contributed by atoms with Gasteiger partial charge in [0.1, 0.15) is 0 Å². The molecule has 1 fully saturated rings. The predicted molar refractivity (Wildman–Crippen MR) is 75.7 cm³/mol. The quantitative estimate of drug-likeness (QED) is 0.799. The summed E-state index contributed by atoms with van der Waals surface area (Å²) in [6.45, 7) is 2.11. The first-order valence-corrected chi connectivity index (χ1v) is 6.89. The van der Waals surface area contributed by atoms with E-state index in [-0.39, 0.29) is 6.04 Å². The highest BCUT2D eigenvalue weighted by Crippen LogP contribution is 2.26. The molecule has 0 heterocycles. The predicted octanol–water partition coefficient (Wildman–Crippen LogP) is 2.56. The number of hydrogen-bond donors (Lipinski definition) is 3. The fraction of sp³-hybridized carbons (Fsp3) is 0.429. The standard InChI is InChI=1S/C14H17ClN2O3/c1-8-6-9(7-8)16-14(20)17-12(13(18)19)10-4-2-3-5-11(10)15/h2-5,8-9,12H,6-7H2,1H3,(H,18,19)(H2,16,17,20)/t8?,9?,12-/m1/s1. The van der Waals surface area contributed by atoms with Crippen LogP contribution in [-0.2, 0) is 4.79 Å². The van der Waals surface area contributed by atoms with Crippen LogP contribution in [0.15, 0.2) is 24.3 Å². The minimum absolute atomic E-state index is 0.130. The highest BCUT2D eigenvalue weighted by Gasteiger charge is 2.29. The molecule has 0 bridgehead atoms. The Balaban J connectivity index is 2.01. The number of carboxylic acids is 1. The molecule has 0 spiro atoms. The third-order valence-corrected chi connectivity index (χ3v) is 3.79. The molecule has 0 aliphatic heterocycles. The first kappa shape index (κ1) is 14.7. The van der Waals surface area contributed by atoms with Crippen molar-refractivity contribution < 1.29 is 14.7 Å². The van der Waals surface area contributed by atoms with Gasteiger partial charge in [-0.05, 0) is 24.8 Å². The van der Waals surface area contributed by atoms with Gasteiger partial charge in [-0.3, -0.25) is 0 Å². The van der Waals surface area contributed by atoms with Gasteiger partial charge in [-0.15, -0.1) is 0 Å². The molecule has 0 unspecified atom stereocenters. The van der Waals surface area contributed by atoms with Crippen LogP contribution in [0.5, 0.6) is 0 Å². The summed E-state index contributed by atoms with van der Waals surface area (Å²) in [6, 6.07) is 5.08. The number of carbonyl (C=O) groups excluding carboxylic acids is 1. The number of carboxylic acid groups (broad SMARTS) is 1. The van der Waals surface area contributed by atoms with Crippen LogP contribution in [0.2, 0.25) is 5.02 Å². The van der Waals surface area contributed by atoms with Crippen molar-refractivity contribution in [3.63, 3.8) is 0 Å². The van der Waals surface area contributed by atoms with Crippen LogP contribution in [0.1, 0.15) is 31.4 Å². The van der Waals surface area contributed by atoms with E-state index in [0.29, 0.717) is 16.5 Å². The van der Waals surface area contributed by atoms with E-state index >= 15 is 0 Å². The SMILES string of the molecule is CC1CC(NC(=O)N[C@@H](C(=O)O)c2ccccc2Cl)C1. The number of carbonyl (C=O) groups is 2. The summed E-state index contributed by atoms with van der Waals surface area (Å²) >= 11 is 5.97. The van der Waals surface area contributed by atoms with Gasteiger partial charge in [0, 0.05) is 16.6 Å². The molecular formula is C14H17ClN2O3. The first-order valence-electron chi connectivity index (χ1n) is 6.51. The van der Waals surface area contributed by atoms with Gasteiger partial charge in [-0.2, -0.15) is 0 Å². The fourth-order valence-electron chi connectivity index (χ4n) is 2.36. The largest absolute Gasteiger partial charge is 0.479 e. The number of halogens is 1. The maximum absolute atomic E-state index is 11.8. The van der Waals surface area contributed by atoms with Crippen molar-refractivity contribution >= 4 is 23.6 Å². The van der Waals surface area contributed by atoms with Gasteiger partial charge in [-0.25, -0.2) is 9.59 Å². The number of hydrogen-bond acceptors (Lipinski definition) is 2. The molecule has 108 valence electrons. The second-order valence-electron chi connectivity index (χ2n) is 5.18. The van der Waals surface area contributed by atoms with Crippen LogP contribution in [0.3, 0.4) is 0 Å². The molecule has 1 atom stereocenters. The third-order valence-electron chi connectivity index (χ3n) is 3.45. The lowest BCUT2D eigenvalue weighted by Gasteiger charge is -2.33. The number of rotatable bonds is 4. The van der Waals surface area contributed by atoms with Crippen LogP contribution >= 0.6 is 11.6 Å². The zero-order valence-corrected chi connectivity index (χ0v) is 11.9. The van der Waals surface area contributed by atoms with Gasteiger partial charge in [0.2, 0.25) is 0 Å². The van der Waals surface area contributed by atoms with E-state index < -0.39 is 18.0 Å². The molecular weight excluding hydrogens is 280 g/mol. The summed E-state index contributed by atoms with van der Waals surface area (Å²) in [5.74, 6) is -0.533. The number of amides is 2. The van der Waals surface area contributed by atoms with Crippen LogP contribution in [0, 0.1) is 5.92 Å². The van der Waals surface area contributed by atoms with Crippen LogP contribution in [0.25, 0.3) is 0 Å². The number of benzene rings is 1. The van der Waals surface area contributed by atoms with Gasteiger partial charge in [-0.1, -0.05) is 36.7 Å². The minimum Gasteiger partial charge on any atom is -0.479 e. The second kappa shape index (κ2) is 6.13. The Labute approximate surface area is 122 Å². The lowest BCUT2D eigenvalue weighted by Crippen LogP contribution is -2.49. The summed E-state index contributed by atoms with van der Waals surface area (Å²) in [7, 11) is 0. The van der Waals surface area contributed by atoms with Crippen molar-refractivity contribution in [1.82, 2.24) is 10.6 Å². The van der Waals surface area contributed by atoms with Crippen LogP contribution in [-0.4, -0.2) is 23.1 Å². The van der Waals surface area contributed by atoms with Gasteiger partial charge in [0.15, 0.2) is 6.04 Å². The summed E-state index contributed by atoms with van der Waals surface area (Å²) in [6.07, 6.45) is 1.86. The van der Waals surface area contributed by atoms with Gasteiger partial charge < -0.3 is 15.7 Å². The van der Waals surface area contributed by atoms with E-state index in [4.69, 9.17) is 11.6 Å². The Morgan fingerprint density at radius 3 is 2.55 bits per heavy atom. The average molecular weight is 297 g/mol. The molecule has 0 aromatic heterocycles. The highest BCUT2D eigenvalue weighted by atomic mass is 35.5. The summed E-state index contributed by atoms with van der Waals surface area (Å²) < 4.78 is 0. The van der Waals surface area contributed by atoms with Gasteiger partial charge >= 0.3 is 12.0 Å². The summed E-state index contributed by atoms with van der Waals surface area (Å²) in [5.41, 5.74) is 0.374. The smallest absolute Gasteiger partial charge is 0.331 e. The zero-order valence-electron chi connectivity index (χ0n) is 11.1. The molecule has 6 heteroatoms. The van der Waals surface area contributed by atoms with E-state index in [0.717, 1.165) is 12.8 Å². The first-order chi connectivity index (χ1) is 9.47. The zero-order chi connectivity index (χ0) is 14.7. The lowest BCUT2D eigenvalue weighted by molar-refractivity contribution is -0.139. The van der Waals surface area contributed by atoms with Gasteiger partial charge in [0.05, 0.1) is 0 Å². The van der Waals surface area contributed by atoms with Gasteiger partial charge in [0.25, 0.3) is 0 Å². The summed E-state index contributed by atoms with van der Waals surface area (Å²) in [4.78, 5) is 23.1. The minimum atomic E-state index is -1.15. The Kier molecular flexibility index (Phi) is 4.49. The van der Waals surface area contributed by atoms with Crippen molar-refractivity contribution in [1.29, 1.82) is 0 Å². The topological polar surface area (TPSA) is 78.4 Å². The Morgan fingerprint density at radius 1 is 1.35 bits per heavy atom. The van der Waals surface area contributed by atoms with Crippen molar-refractivity contribution in [2.75, 3.05) is 0 Å². The second-order valence-corrected chi connectivity index (χ2v) is 5.59. The Morgan fingerprint density at radius 2 is 2.00 bits per heavy atom. The fourth-order valence-corrected chi connectivity index (χ4v) is 2.60. The Bertz CT molecular complexity index is 515. The highest BCUT2D eigenvalue weighted by molar-refractivity contribution is 6.31. The molecule has 2 rings (SSSR count). The van der Waals surface area contributed by atoms with E-state index in [1.807, 2.05) is 0 Å². The average Bonchev–Trinajstić information content (AvgIpc) is 2.35. The van der Waals surface area contributed by atoms with Crippen LogP contribution < -0.4 is 10.6 Å². The van der Waals surface area contributed by atoms with Crippen molar-refractivity contribution in [2.24, 2.45) is 5.92 Å². The molecule has 1 saturated carbocycles. The maximum atomic E-state index is 11.8. The molecule has 20 heavy (non-hydrogen) atoms. The van der Waals surface area contributed by atoms with Crippen LogP contribution in [0.4, 0.5) is 4.79 Å². The number of urea groups is 1. The molecule has 5 nitrogen and oxygen atoms in total. The van der Waals surface area contributed by atoms with E-state index in [1.54, 1.807) is 24.3 Å². The van der Waals surface area contributed by atoms with E-state index in [2.05, 4.69) is 17.6 Å².